The van der Waals surface area contributed by atoms with Crippen LogP contribution in [0.4, 0.5) is 0 Å². The molecule has 1 aromatic heterocycles. The van der Waals surface area contributed by atoms with Gasteiger partial charge in [-0.3, -0.25) is 9.78 Å². The summed E-state index contributed by atoms with van der Waals surface area (Å²) < 4.78 is 5.61. The van der Waals surface area contributed by atoms with E-state index in [-0.39, 0.29) is 0 Å². The predicted molar refractivity (Wildman–Crippen MR) is 69.6 cm³/mol. The first-order valence-electron chi connectivity index (χ1n) is 5.77. The Labute approximate surface area is 110 Å². The van der Waals surface area contributed by atoms with Crippen LogP contribution in [0, 0.1) is 0 Å². The molecule has 0 amide bonds. The first-order valence-corrected chi connectivity index (χ1v) is 5.77. The average Bonchev–Trinajstić information content (AvgIpc) is 2.45. The molecule has 0 radical (unpaired) electrons. The summed E-state index contributed by atoms with van der Waals surface area (Å²) in [5.74, 6) is -0.612. The summed E-state index contributed by atoms with van der Waals surface area (Å²) in [4.78, 5) is 14.9. The van der Waals surface area contributed by atoms with E-state index in [2.05, 4.69) is 4.98 Å². The van der Waals surface area contributed by atoms with Gasteiger partial charge in [0.1, 0.15) is 18.4 Å². The lowest BCUT2D eigenvalue weighted by atomic mass is 10.1. The fraction of sp³-hybridized carbons (Fsp3) is 0.143. The smallest absolute Gasteiger partial charge is 0.325 e. The van der Waals surface area contributed by atoms with Crippen LogP contribution in [0.5, 0.6) is 5.75 Å². The maximum absolute atomic E-state index is 10.9. The highest BCUT2D eigenvalue weighted by atomic mass is 16.5. The van der Waals surface area contributed by atoms with Crippen LogP contribution >= 0.6 is 0 Å². The molecule has 1 atom stereocenters. The highest BCUT2D eigenvalue weighted by molar-refractivity contribution is 5.76. The summed E-state index contributed by atoms with van der Waals surface area (Å²) >= 11 is 0. The van der Waals surface area contributed by atoms with Gasteiger partial charge in [-0.25, -0.2) is 0 Å². The topological polar surface area (TPSA) is 85.4 Å². The minimum absolute atomic E-state index is 0.317. The van der Waals surface area contributed by atoms with Gasteiger partial charge in [0.15, 0.2) is 0 Å². The Morgan fingerprint density at radius 2 is 2.11 bits per heavy atom. The van der Waals surface area contributed by atoms with Crippen molar-refractivity contribution in [3.05, 3.63) is 59.9 Å². The highest BCUT2D eigenvalue weighted by Crippen LogP contribution is 2.24. The molecule has 2 aromatic rings. The summed E-state index contributed by atoms with van der Waals surface area (Å²) in [5.41, 5.74) is 6.98. The number of ether oxygens (including phenoxy) is 1. The van der Waals surface area contributed by atoms with Crippen LogP contribution in [0.2, 0.25) is 0 Å². The number of pyridine rings is 1. The largest absolute Gasteiger partial charge is 0.488 e. The van der Waals surface area contributed by atoms with Crippen molar-refractivity contribution in [3.8, 4) is 5.75 Å². The molecule has 0 unspecified atom stereocenters. The van der Waals surface area contributed by atoms with Crippen LogP contribution < -0.4 is 10.5 Å². The minimum atomic E-state index is -1.09. The molecule has 19 heavy (non-hydrogen) atoms. The highest BCUT2D eigenvalue weighted by Gasteiger charge is 2.18. The molecule has 0 bridgehead atoms. The number of nitrogens with zero attached hydrogens (tertiary/aromatic N) is 1. The molecule has 5 heteroatoms. The van der Waals surface area contributed by atoms with Gasteiger partial charge in [0.2, 0.25) is 0 Å². The molecule has 0 fully saturated rings. The number of nitrogens with two attached hydrogens (primary N) is 1. The average molecular weight is 258 g/mol. The second kappa shape index (κ2) is 5.97. The Morgan fingerprint density at radius 1 is 1.32 bits per heavy atom. The van der Waals surface area contributed by atoms with Crippen molar-refractivity contribution in [3.63, 3.8) is 0 Å². The number of carboxylic acid groups (broad SMARTS) is 1. The molecular weight excluding hydrogens is 244 g/mol. The van der Waals surface area contributed by atoms with Crippen LogP contribution in [0.1, 0.15) is 17.2 Å². The normalized spacial score (nSPS) is 11.8. The van der Waals surface area contributed by atoms with E-state index < -0.39 is 12.0 Å². The number of aliphatic carboxylic acids is 1. The van der Waals surface area contributed by atoms with Crippen molar-refractivity contribution < 1.29 is 14.6 Å². The van der Waals surface area contributed by atoms with Crippen molar-refractivity contribution in [2.75, 3.05) is 0 Å². The fourth-order valence-electron chi connectivity index (χ4n) is 1.65. The Bertz CT molecular complexity index is 558. The summed E-state index contributed by atoms with van der Waals surface area (Å²) in [6, 6.07) is 9.46. The number of hydrogen-bond acceptors (Lipinski definition) is 4. The van der Waals surface area contributed by atoms with Gasteiger partial charge in [0.05, 0.1) is 0 Å². The molecule has 98 valence electrons. The number of carboxylic acids is 1. The number of carbonyl (C=O) groups is 1. The van der Waals surface area contributed by atoms with E-state index in [0.29, 0.717) is 17.9 Å². The van der Waals surface area contributed by atoms with Gasteiger partial charge >= 0.3 is 5.97 Å². The third-order valence-corrected chi connectivity index (χ3v) is 2.64. The lowest BCUT2D eigenvalue weighted by Gasteiger charge is -2.13. The second-order valence-electron chi connectivity index (χ2n) is 4.00. The van der Waals surface area contributed by atoms with Crippen molar-refractivity contribution in [1.82, 2.24) is 4.98 Å². The van der Waals surface area contributed by atoms with Gasteiger partial charge in [-0.15, -0.1) is 0 Å². The molecule has 2 rings (SSSR count). The van der Waals surface area contributed by atoms with Gasteiger partial charge in [-0.05, 0) is 12.1 Å². The molecule has 5 nitrogen and oxygen atoms in total. The van der Waals surface area contributed by atoms with E-state index >= 15 is 0 Å². The maximum atomic E-state index is 10.9. The predicted octanol–water partition coefficient (Wildman–Crippen LogP) is 1.74. The Hall–Kier alpha value is -2.40. The molecule has 0 saturated carbocycles. The van der Waals surface area contributed by atoms with Crippen molar-refractivity contribution in [1.29, 1.82) is 0 Å². The molecule has 1 heterocycles. The van der Waals surface area contributed by atoms with Crippen molar-refractivity contribution in [2.45, 2.75) is 12.6 Å². The number of para-hydroxylation sites is 1. The SMILES string of the molecule is N[C@H](C(=O)O)c1ccccc1OCc1cccnc1. The zero-order valence-corrected chi connectivity index (χ0v) is 10.2. The third-order valence-electron chi connectivity index (χ3n) is 2.64. The molecular formula is C14H14N2O3. The molecule has 0 spiro atoms. The van der Waals surface area contributed by atoms with Crippen molar-refractivity contribution >= 4 is 5.97 Å². The van der Waals surface area contributed by atoms with E-state index in [0.717, 1.165) is 5.56 Å². The number of benzene rings is 1. The van der Waals surface area contributed by atoms with Crippen LogP contribution in [-0.2, 0) is 11.4 Å². The van der Waals surface area contributed by atoms with Gasteiger partial charge < -0.3 is 15.6 Å². The lowest BCUT2D eigenvalue weighted by Crippen LogP contribution is -2.21. The molecule has 0 aliphatic heterocycles. The van der Waals surface area contributed by atoms with Gasteiger partial charge in [-0.2, -0.15) is 0 Å². The van der Waals surface area contributed by atoms with Gasteiger partial charge in [-0.1, -0.05) is 24.3 Å². The molecule has 1 aromatic carbocycles. The third kappa shape index (κ3) is 3.29. The Balaban J connectivity index is 2.14. The van der Waals surface area contributed by atoms with E-state index in [1.54, 1.807) is 36.7 Å². The monoisotopic (exact) mass is 258 g/mol. The summed E-state index contributed by atoms with van der Waals surface area (Å²) in [7, 11) is 0. The first kappa shape index (κ1) is 13.0. The van der Waals surface area contributed by atoms with E-state index in [4.69, 9.17) is 15.6 Å². The fourth-order valence-corrected chi connectivity index (χ4v) is 1.65. The quantitative estimate of drug-likeness (QED) is 0.853. The number of hydrogen-bond donors (Lipinski definition) is 2. The van der Waals surface area contributed by atoms with Gasteiger partial charge in [0, 0.05) is 23.5 Å². The van der Waals surface area contributed by atoms with Crippen molar-refractivity contribution in [2.24, 2.45) is 5.73 Å². The molecule has 0 saturated heterocycles. The van der Waals surface area contributed by atoms with E-state index in [1.807, 2.05) is 12.1 Å². The zero-order valence-electron chi connectivity index (χ0n) is 10.2. The van der Waals surface area contributed by atoms with Crippen LogP contribution in [0.25, 0.3) is 0 Å². The van der Waals surface area contributed by atoms with E-state index in [9.17, 15) is 4.79 Å². The molecule has 3 N–H and O–H groups in total. The summed E-state index contributed by atoms with van der Waals surface area (Å²) in [6.45, 7) is 0.317. The van der Waals surface area contributed by atoms with Gasteiger partial charge in [0.25, 0.3) is 0 Å². The Kier molecular flexibility index (Phi) is 4.10. The lowest BCUT2D eigenvalue weighted by molar-refractivity contribution is -0.138. The maximum Gasteiger partial charge on any atom is 0.325 e. The first-order chi connectivity index (χ1) is 9.18. The van der Waals surface area contributed by atoms with E-state index in [1.165, 1.54) is 0 Å². The zero-order chi connectivity index (χ0) is 13.7. The molecule has 0 aliphatic rings. The summed E-state index contributed by atoms with van der Waals surface area (Å²) in [6.07, 6.45) is 3.37. The van der Waals surface area contributed by atoms with Crippen LogP contribution in [0.3, 0.4) is 0 Å². The number of rotatable bonds is 5. The number of aromatic nitrogens is 1. The Morgan fingerprint density at radius 3 is 2.79 bits per heavy atom. The van der Waals surface area contributed by atoms with Crippen LogP contribution in [0.15, 0.2) is 48.8 Å². The summed E-state index contributed by atoms with van der Waals surface area (Å²) in [5, 5.41) is 8.95. The minimum Gasteiger partial charge on any atom is -0.488 e. The van der Waals surface area contributed by atoms with Crippen LogP contribution in [-0.4, -0.2) is 16.1 Å². The standard InChI is InChI=1S/C14H14N2O3/c15-13(14(17)18)11-5-1-2-6-12(11)19-9-10-4-3-7-16-8-10/h1-8,13H,9,15H2,(H,17,18)/t13-/m0/s1. The molecule has 0 aliphatic carbocycles. The second-order valence-corrected chi connectivity index (χ2v) is 4.00.